The van der Waals surface area contributed by atoms with Gasteiger partial charge in [0, 0.05) is 101 Å². The number of rotatable bonds is 17. The van der Waals surface area contributed by atoms with Crippen molar-refractivity contribution in [3.63, 3.8) is 0 Å². The lowest BCUT2D eigenvalue weighted by Gasteiger charge is -2.24. The Morgan fingerprint density at radius 1 is 0.536 bits per heavy atom. The van der Waals surface area contributed by atoms with Gasteiger partial charge >= 0.3 is 18.5 Å². The van der Waals surface area contributed by atoms with E-state index >= 15 is 0 Å². The van der Waals surface area contributed by atoms with Crippen LogP contribution in [0.5, 0.6) is 5.88 Å². The van der Waals surface area contributed by atoms with Crippen molar-refractivity contribution in [3.05, 3.63) is 165 Å². The molecule has 0 bridgehead atoms. The maximum absolute atomic E-state index is 14.5. The zero-order valence-electron chi connectivity index (χ0n) is 60.4. The Morgan fingerprint density at radius 2 is 0.973 bits per heavy atom. The molecule has 12 aromatic heterocycles. The lowest BCUT2D eigenvalue weighted by molar-refractivity contribution is -0.138. The number of ether oxygens (including phenoxy) is 1. The first kappa shape index (κ1) is 78.1. The van der Waals surface area contributed by atoms with Crippen LogP contribution in [0.25, 0.3) is 0 Å². The van der Waals surface area contributed by atoms with Crippen LogP contribution in [0.2, 0.25) is 0 Å². The molecule has 32 nitrogen and oxygen atoms in total. The van der Waals surface area contributed by atoms with E-state index in [0.29, 0.717) is 45.0 Å². The van der Waals surface area contributed by atoms with Gasteiger partial charge in [0.25, 0.3) is 11.8 Å². The van der Waals surface area contributed by atoms with Crippen LogP contribution in [0, 0.1) is 34.6 Å². The molecule has 16 rings (SSSR count). The lowest BCUT2D eigenvalue weighted by atomic mass is 10.1. The van der Waals surface area contributed by atoms with E-state index in [1.165, 1.54) is 72.2 Å². The van der Waals surface area contributed by atoms with Gasteiger partial charge in [-0.1, -0.05) is 5.16 Å². The molecule has 15 heterocycles. The maximum Gasteiger partial charge on any atom is 0.421 e. The topological polar surface area (TPSA) is 347 Å². The van der Waals surface area contributed by atoms with Crippen LogP contribution in [0.1, 0.15) is 124 Å². The second kappa shape index (κ2) is 30.7. The fraction of sp³-hybridized carbons (Fsp3) is 0.394. The van der Waals surface area contributed by atoms with E-state index in [2.05, 4.69) is 138 Å². The molecule has 12 aromatic rings. The van der Waals surface area contributed by atoms with Crippen molar-refractivity contribution in [3.8, 4) is 5.88 Å². The summed E-state index contributed by atoms with van der Waals surface area (Å²) in [6, 6.07) is -2.70. The standard InChI is InChI=1S/C17H17F5N8.C17H19F3N8.C17H18F3N7O.C15H14BrF2N7O/c1-3-23-13-10(17(20,21)22)6-25-15(27-13)26-11-7-30(28-9(11)2)12-14-24-4-5-29(14)8-16(12,18)19;1-10-12(25-16-23-8-11(17(18,19)20)14(21-2)26-16)9-24-28(10)13-4-3-6-27-7-5-22-15(13)27;1-8-10-4-5-13(14(10)28-26-8)27-9(2)12(7-23-27)24-16-22-6-11(17(18,19)20)15(21-3)25-16;1-8-10(21-14-20-5-9(16)13(22-14)26-2)6-25(23-8)11-12-19-3-4-24(12)7-15(11,17)18/h4-7,12H,3,8H2,1-2H3,(H2,23,25,26,27);5,7-9,13H,3-4,6H2,1-2H3,(H2,21,23,25,26);6-7,13H,4-5H2,1-3H3,(H2,21,22,24,25);3-6,11H,7H2,1-2H3,(H,20,21,22). The molecule has 0 spiro atoms. The second-order valence-corrected chi connectivity index (χ2v) is 26.6. The summed E-state index contributed by atoms with van der Waals surface area (Å²) in [5.74, 6) is -4.21. The highest BCUT2D eigenvalue weighted by molar-refractivity contribution is 9.10. The third kappa shape index (κ3) is 15.9. The second-order valence-electron chi connectivity index (χ2n) is 25.8. The summed E-state index contributed by atoms with van der Waals surface area (Å²) in [6.45, 7) is 10.8. The highest BCUT2D eigenvalue weighted by atomic mass is 79.9. The molecular formula is C66H68BrF13N30O2. The van der Waals surface area contributed by atoms with Gasteiger partial charge in [-0.2, -0.15) is 79.8 Å². The molecule has 592 valence electrons. The van der Waals surface area contributed by atoms with E-state index in [0.717, 1.165) is 83.5 Å². The minimum atomic E-state index is -4.62. The van der Waals surface area contributed by atoms with Gasteiger partial charge in [0.05, 0.1) is 94.5 Å². The van der Waals surface area contributed by atoms with Gasteiger partial charge in [-0.15, -0.1) is 0 Å². The van der Waals surface area contributed by atoms with E-state index in [1.807, 2.05) is 36.3 Å². The van der Waals surface area contributed by atoms with E-state index in [1.54, 1.807) is 45.6 Å². The van der Waals surface area contributed by atoms with Gasteiger partial charge in [0.2, 0.25) is 29.7 Å². The average molecular weight is 1640 g/mol. The number of alkyl halides is 13. The molecular weight excluding hydrogens is 1570 g/mol. The van der Waals surface area contributed by atoms with E-state index in [9.17, 15) is 57.1 Å². The summed E-state index contributed by atoms with van der Waals surface area (Å²) in [7, 11) is 4.25. The molecule has 3 aliphatic heterocycles. The molecule has 4 atom stereocenters. The SMILES string of the molecule is CCNc1nc(Nc2cn(C3c4nccn4CC3(F)F)nc2C)ncc1C(F)(F)F.CNc1nc(Nc2cnn(C3CCCn4ccnc43)c2C)ncc1C(F)(F)F.CNc1nc(Nc2cnn(C3CCc4c(C)noc43)c2C)ncc1C(F)(F)F.COc1nc(Nc2cn(C3c4nccn4CC3(F)F)nc2C)ncc1Br. The molecule has 0 saturated carbocycles. The van der Waals surface area contributed by atoms with Gasteiger partial charge in [-0.3, -0.25) is 18.7 Å². The Kier molecular flexibility index (Phi) is 21.4. The number of fused-ring (bicyclic) bond motifs is 4. The molecule has 0 aromatic carbocycles. The summed E-state index contributed by atoms with van der Waals surface area (Å²) in [4.78, 5) is 43.9. The quantitative estimate of drug-likeness (QED) is 0.0416. The number of hydrogen-bond donors (Lipinski definition) is 7. The molecule has 0 saturated heterocycles. The summed E-state index contributed by atoms with van der Waals surface area (Å²) < 4.78 is 197. The van der Waals surface area contributed by atoms with Gasteiger partial charge in [-0.25, -0.2) is 52.4 Å². The van der Waals surface area contributed by atoms with E-state index in [4.69, 9.17) is 9.26 Å². The maximum atomic E-state index is 14.5. The number of aromatic nitrogens is 23. The number of nitrogens with one attached hydrogen (secondary N) is 7. The van der Waals surface area contributed by atoms with Crippen LogP contribution in [-0.2, 0) is 44.6 Å². The number of methoxy groups -OCH3 is 1. The van der Waals surface area contributed by atoms with Crippen molar-refractivity contribution in [1.29, 1.82) is 0 Å². The van der Waals surface area contributed by atoms with Gasteiger partial charge in [0.15, 0.2) is 17.8 Å². The van der Waals surface area contributed by atoms with Crippen molar-refractivity contribution in [2.75, 3.05) is 65.0 Å². The fourth-order valence-corrected chi connectivity index (χ4v) is 13.5. The minimum absolute atomic E-state index is 0.0145. The van der Waals surface area contributed by atoms with Crippen LogP contribution in [-0.4, -0.2) is 152 Å². The highest BCUT2D eigenvalue weighted by Crippen LogP contribution is 2.45. The van der Waals surface area contributed by atoms with Crippen molar-refractivity contribution in [2.24, 2.45) is 0 Å². The number of imidazole rings is 3. The van der Waals surface area contributed by atoms with E-state index in [-0.39, 0.29) is 77.2 Å². The van der Waals surface area contributed by atoms with Gasteiger partial charge < -0.3 is 60.2 Å². The first-order valence-corrected chi connectivity index (χ1v) is 35.0. The molecule has 112 heavy (non-hydrogen) atoms. The molecule has 0 fully saturated rings. The first-order valence-electron chi connectivity index (χ1n) is 34.2. The van der Waals surface area contributed by atoms with Crippen LogP contribution in [0.15, 0.2) is 95.8 Å². The summed E-state index contributed by atoms with van der Waals surface area (Å²) in [5.41, 5.74) is 3.72. The Labute approximate surface area is 634 Å². The normalized spacial score (nSPS) is 17.2. The largest absolute Gasteiger partial charge is 0.480 e. The molecule has 1 aliphatic carbocycles. The summed E-state index contributed by atoms with van der Waals surface area (Å²) >= 11 is 3.28. The van der Waals surface area contributed by atoms with Crippen molar-refractivity contribution < 1.29 is 66.3 Å². The van der Waals surface area contributed by atoms with Crippen LogP contribution >= 0.6 is 15.9 Å². The first-order chi connectivity index (χ1) is 53.2. The molecule has 4 unspecified atom stereocenters. The van der Waals surface area contributed by atoms with Crippen molar-refractivity contribution >= 4 is 79.9 Å². The highest BCUT2D eigenvalue weighted by Gasteiger charge is 2.53. The summed E-state index contributed by atoms with van der Waals surface area (Å²) in [5, 5.41) is 40.4. The van der Waals surface area contributed by atoms with Crippen LogP contribution in [0.4, 0.5) is 121 Å². The third-order valence-corrected chi connectivity index (χ3v) is 19.0. The Bertz CT molecular complexity index is 5360. The Morgan fingerprint density at radius 3 is 1.45 bits per heavy atom. The smallest absolute Gasteiger partial charge is 0.421 e. The summed E-state index contributed by atoms with van der Waals surface area (Å²) in [6.07, 6.45) is 9.43. The molecule has 46 heteroatoms. The third-order valence-electron chi connectivity index (χ3n) is 18.5. The molecule has 0 radical (unpaired) electrons. The molecule has 4 aliphatic rings. The monoisotopic (exact) mass is 1640 g/mol. The van der Waals surface area contributed by atoms with Crippen LogP contribution in [0.3, 0.4) is 0 Å². The van der Waals surface area contributed by atoms with Crippen LogP contribution < -0.4 is 42.0 Å². The predicted octanol–water partition coefficient (Wildman–Crippen LogP) is 13.5. The van der Waals surface area contributed by atoms with Crippen molar-refractivity contribution in [2.45, 2.75) is 141 Å². The number of halogens is 14. The van der Waals surface area contributed by atoms with Gasteiger partial charge in [0.1, 0.15) is 63.7 Å². The zero-order valence-corrected chi connectivity index (χ0v) is 62.0. The molecule has 7 N–H and O–H groups in total. The Balaban J connectivity index is 0.000000131. The van der Waals surface area contributed by atoms with Gasteiger partial charge in [-0.05, 0) is 83.2 Å². The number of nitrogens with zero attached hydrogens (tertiary/aromatic N) is 23. The number of aryl methyl sites for hydroxylation is 4. The number of hydrogen-bond acceptors (Lipinski definition) is 25. The Hall–Kier alpha value is -12.0. The van der Waals surface area contributed by atoms with E-state index < -0.39 is 72.2 Å². The minimum Gasteiger partial charge on any atom is -0.480 e. The predicted molar refractivity (Wildman–Crippen MR) is 380 cm³/mol. The van der Waals surface area contributed by atoms with Crippen molar-refractivity contribution in [1.82, 2.24) is 113 Å². The fourth-order valence-electron chi connectivity index (χ4n) is 13.1. The lowest BCUT2D eigenvalue weighted by Crippen LogP contribution is -2.29. The average Bonchev–Trinajstić information content (AvgIpc) is 1.60. The number of anilines is 11. The zero-order chi connectivity index (χ0) is 80.1. The molecule has 0 amide bonds.